The summed E-state index contributed by atoms with van der Waals surface area (Å²) in [5.41, 5.74) is 11.0. The summed E-state index contributed by atoms with van der Waals surface area (Å²) in [6.07, 6.45) is 4.33. The average molecular weight is 489 g/mol. The van der Waals surface area contributed by atoms with E-state index < -0.39 is 0 Å². The highest BCUT2D eigenvalue weighted by atomic mass is 15.0. The summed E-state index contributed by atoms with van der Waals surface area (Å²) in [6.45, 7) is 4.28. The second-order valence-electron chi connectivity index (χ2n) is 9.82. The van der Waals surface area contributed by atoms with Crippen molar-refractivity contribution in [2.45, 2.75) is 13.8 Å². The Kier molecular flexibility index (Phi) is 5.26. The number of fused-ring (bicyclic) bond motifs is 4. The summed E-state index contributed by atoms with van der Waals surface area (Å²) in [7, 11) is 0. The van der Waals surface area contributed by atoms with Gasteiger partial charge < -0.3 is 9.13 Å². The molecule has 0 aliphatic carbocycles. The minimum atomic E-state index is 1.17. The van der Waals surface area contributed by atoms with Gasteiger partial charge in [-0.2, -0.15) is 0 Å². The van der Waals surface area contributed by atoms with Crippen LogP contribution in [-0.2, 0) is 0 Å². The SMILES string of the molecule is C/C=C\c1c(C)n(-c2ccc(-c3ccc(-n4c5ccccc5c5ccccc54)cc3)cc2)c2ccccc12. The fourth-order valence-electron chi connectivity index (χ4n) is 5.91. The number of nitrogens with zero attached hydrogens (tertiary/aromatic N) is 2. The van der Waals surface area contributed by atoms with E-state index in [2.05, 4.69) is 156 Å². The zero-order chi connectivity index (χ0) is 25.6. The van der Waals surface area contributed by atoms with Crippen LogP contribution >= 0.6 is 0 Å². The van der Waals surface area contributed by atoms with Gasteiger partial charge in [0.15, 0.2) is 0 Å². The maximum Gasteiger partial charge on any atom is 0.0541 e. The minimum absolute atomic E-state index is 1.17. The number of allylic oxidation sites excluding steroid dienone is 1. The summed E-state index contributed by atoms with van der Waals surface area (Å²) in [5, 5.41) is 3.86. The van der Waals surface area contributed by atoms with Crippen LogP contribution in [0.2, 0.25) is 0 Å². The minimum Gasteiger partial charge on any atom is -0.313 e. The highest BCUT2D eigenvalue weighted by Crippen LogP contribution is 2.34. The van der Waals surface area contributed by atoms with Gasteiger partial charge in [0.05, 0.1) is 16.6 Å². The molecule has 0 atom stereocenters. The Morgan fingerprint density at radius 1 is 0.474 bits per heavy atom. The molecular weight excluding hydrogens is 460 g/mol. The molecule has 0 N–H and O–H groups in total. The van der Waals surface area contributed by atoms with Gasteiger partial charge in [0, 0.05) is 38.8 Å². The molecule has 0 saturated heterocycles. The van der Waals surface area contributed by atoms with E-state index in [1.165, 1.54) is 66.5 Å². The predicted molar refractivity (Wildman–Crippen MR) is 162 cm³/mol. The third-order valence-electron chi connectivity index (χ3n) is 7.66. The van der Waals surface area contributed by atoms with Gasteiger partial charge in [-0.05, 0) is 67.4 Å². The third kappa shape index (κ3) is 3.42. The average Bonchev–Trinajstić information content (AvgIpc) is 3.45. The maximum atomic E-state index is 2.36. The lowest BCUT2D eigenvalue weighted by molar-refractivity contribution is 1.05. The topological polar surface area (TPSA) is 9.86 Å². The van der Waals surface area contributed by atoms with E-state index in [1.807, 2.05) is 0 Å². The van der Waals surface area contributed by atoms with Crippen molar-refractivity contribution in [3.05, 3.63) is 139 Å². The standard InChI is InChI=1S/C36H28N2/c1-3-10-30-25(2)37(34-14-7-4-11-31(30)34)28-21-17-26(18-22-28)27-19-23-29(24-20-27)38-35-15-8-5-12-32(35)33-13-6-9-16-36(33)38/h3-24H,1-2H3/b10-3-. The molecule has 2 heterocycles. The van der Waals surface area contributed by atoms with Crippen LogP contribution in [0.3, 0.4) is 0 Å². The van der Waals surface area contributed by atoms with Gasteiger partial charge in [-0.1, -0.05) is 91.0 Å². The van der Waals surface area contributed by atoms with E-state index in [1.54, 1.807) is 0 Å². The van der Waals surface area contributed by atoms with Gasteiger partial charge in [0.25, 0.3) is 0 Å². The fourth-order valence-corrected chi connectivity index (χ4v) is 5.91. The molecule has 0 aliphatic heterocycles. The van der Waals surface area contributed by atoms with Crippen molar-refractivity contribution in [3.8, 4) is 22.5 Å². The van der Waals surface area contributed by atoms with Crippen molar-refractivity contribution in [2.24, 2.45) is 0 Å². The Bertz CT molecular complexity index is 1910. The second-order valence-corrected chi connectivity index (χ2v) is 9.82. The van der Waals surface area contributed by atoms with Crippen LogP contribution in [0.5, 0.6) is 0 Å². The van der Waals surface area contributed by atoms with Crippen molar-refractivity contribution >= 4 is 38.8 Å². The van der Waals surface area contributed by atoms with Crippen LogP contribution in [0.1, 0.15) is 18.2 Å². The van der Waals surface area contributed by atoms with Crippen LogP contribution in [-0.4, -0.2) is 9.13 Å². The molecule has 0 spiro atoms. The molecule has 0 saturated carbocycles. The fraction of sp³-hybridized carbons (Fsp3) is 0.0556. The first kappa shape index (κ1) is 22.4. The first-order valence-corrected chi connectivity index (χ1v) is 13.2. The number of hydrogen-bond acceptors (Lipinski definition) is 0. The Morgan fingerprint density at radius 3 is 1.39 bits per heavy atom. The Hall–Kier alpha value is -4.82. The molecule has 0 unspecified atom stereocenters. The van der Waals surface area contributed by atoms with Crippen LogP contribution in [0.25, 0.3) is 61.3 Å². The zero-order valence-corrected chi connectivity index (χ0v) is 21.6. The van der Waals surface area contributed by atoms with Crippen molar-refractivity contribution in [1.29, 1.82) is 0 Å². The first-order chi connectivity index (χ1) is 18.7. The van der Waals surface area contributed by atoms with Crippen molar-refractivity contribution < 1.29 is 0 Å². The Balaban J connectivity index is 1.27. The molecule has 0 fully saturated rings. The van der Waals surface area contributed by atoms with Crippen molar-refractivity contribution in [2.75, 3.05) is 0 Å². The molecule has 2 heteroatoms. The summed E-state index contributed by atoms with van der Waals surface area (Å²) < 4.78 is 4.72. The van der Waals surface area contributed by atoms with Crippen LogP contribution in [0.4, 0.5) is 0 Å². The highest BCUT2D eigenvalue weighted by Gasteiger charge is 2.14. The van der Waals surface area contributed by atoms with Crippen LogP contribution < -0.4 is 0 Å². The number of rotatable bonds is 4. The van der Waals surface area contributed by atoms with E-state index >= 15 is 0 Å². The lowest BCUT2D eigenvalue weighted by atomic mass is 10.0. The molecule has 5 aromatic carbocycles. The Labute approximate surface area is 222 Å². The van der Waals surface area contributed by atoms with E-state index in [0.29, 0.717) is 0 Å². The van der Waals surface area contributed by atoms with E-state index in [0.717, 1.165) is 0 Å². The van der Waals surface area contributed by atoms with Gasteiger partial charge in [0.2, 0.25) is 0 Å². The molecule has 182 valence electrons. The smallest absolute Gasteiger partial charge is 0.0541 e. The molecule has 38 heavy (non-hydrogen) atoms. The van der Waals surface area contributed by atoms with Crippen LogP contribution in [0, 0.1) is 6.92 Å². The van der Waals surface area contributed by atoms with Gasteiger partial charge in [-0.15, -0.1) is 0 Å². The number of benzene rings is 5. The summed E-state index contributed by atoms with van der Waals surface area (Å²) >= 11 is 0. The molecule has 0 amide bonds. The van der Waals surface area contributed by atoms with Crippen molar-refractivity contribution in [3.63, 3.8) is 0 Å². The quantitative estimate of drug-likeness (QED) is 0.233. The zero-order valence-electron chi connectivity index (χ0n) is 21.6. The van der Waals surface area contributed by atoms with E-state index in [4.69, 9.17) is 0 Å². The normalized spacial score (nSPS) is 11.8. The number of para-hydroxylation sites is 3. The summed E-state index contributed by atoms with van der Waals surface area (Å²) in [5.74, 6) is 0. The number of aromatic nitrogens is 2. The first-order valence-electron chi connectivity index (χ1n) is 13.2. The number of hydrogen-bond donors (Lipinski definition) is 0. The summed E-state index contributed by atoms with van der Waals surface area (Å²) in [6, 6.07) is 43.8. The molecule has 2 nitrogen and oxygen atoms in total. The molecule has 0 radical (unpaired) electrons. The molecule has 0 aliphatic rings. The molecule has 0 bridgehead atoms. The largest absolute Gasteiger partial charge is 0.313 e. The molecular formula is C36H28N2. The molecule has 2 aromatic heterocycles. The van der Waals surface area contributed by atoms with Gasteiger partial charge in [-0.3, -0.25) is 0 Å². The monoisotopic (exact) mass is 488 g/mol. The lowest BCUT2D eigenvalue weighted by Crippen LogP contribution is -1.97. The predicted octanol–water partition coefficient (Wildman–Crippen LogP) is 9.74. The molecule has 7 aromatic rings. The molecule has 7 rings (SSSR count). The summed E-state index contributed by atoms with van der Waals surface area (Å²) in [4.78, 5) is 0. The third-order valence-corrected chi connectivity index (χ3v) is 7.66. The van der Waals surface area contributed by atoms with Gasteiger partial charge in [-0.25, -0.2) is 0 Å². The van der Waals surface area contributed by atoms with Crippen LogP contribution in [0.15, 0.2) is 127 Å². The lowest BCUT2D eigenvalue weighted by Gasteiger charge is -2.11. The van der Waals surface area contributed by atoms with E-state index in [9.17, 15) is 0 Å². The van der Waals surface area contributed by atoms with Gasteiger partial charge >= 0.3 is 0 Å². The van der Waals surface area contributed by atoms with E-state index in [-0.39, 0.29) is 0 Å². The van der Waals surface area contributed by atoms with Gasteiger partial charge in [0.1, 0.15) is 0 Å². The highest BCUT2D eigenvalue weighted by molar-refractivity contribution is 6.09. The Morgan fingerprint density at radius 2 is 0.895 bits per heavy atom. The maximum absolute atomic E-state index is 2.36. The van der Waals surface area contributed by atoms with Crippen molar-refractivity contribution in [1.82, 2.24) is 9.13 Å². The second kappa shape index (κ2) is 8.93.